The second-order valence-corrected chi connectivity index (χ2v) is 7.06. The number of para-hydroxylation sites is 2. The van der Waals surface area contributed by atoms with Crippen LogP contribution in [0.5, 0.6) is 11.5 Å². The molecule has 7 heteroatoms. The second kappa shape index (κ2) is 4.42. The molecule has 1 aliphatic carbocycles. The molecule has 5 atom stereocenters. The molecule has 0 amide bonds. The van der Waals surface area contributed by atoms with Crippen LogP contribution in [-0.2, 0) is 18.9 Å². The lowest BCUT2D eigenvalue weighted by molar-refractivity contribution is -0.232. The summed E-state index contributed by atoms with van der Waals surface area (Å²) in [5.74, 6) is 1.03. The number of methoxy groups -OCH3 is 1. The van der Waals surface area contributed by atoms with Crippen LogP contribution in [0.3, 0.4) is 0 Å². The molecule has 1 saturated carbocycles. The van der Waals surface area contributed by atoms with Gasteiger partial charge in [0, 0.05) is 7.11 Å². The zero-order chi connectivity index (χ0) is 15.8. The summed E-state index contributed by atoms with van der Waals surface area (Å²) in [6.45, 7) is 3.84. The minimum atomic E-state index is -0.629. The monoisotopic (exact) mass is 318 g/mol. The van der Waals surface area contributed by atoms with Gasteiger partial charge < -0.3 is 28.3 Å². The van der Waals surface area contributed by atoms with Gasteiger partial charge in [0.25, 0.3) is 0 Å². The summed E-state index contributed by atoms with van der Waals surface area (Å²) in [5, 5.41) is 0. The number of ether oxygens (including phenoxy) is 4. The van der Waals surface area contributed by atoms with Gasteiger partial charge in [0.15, 0.2) is 12.1 Å². The van der Waals surface area contributed by atoms with Gasteiger partial charge in [-0.1, -0.05) is 12.1 Å². The third kappa shape index (κ3) is 1.91. The predicted molar refractivity (Wildman–Crippen MR) is 80.3 cm³/mol. The Morgan fingerprint density at radius 3 is 2.43 bits per heavy atom. The van der Waals surface area contributed by atoms with Crippen LogP contribution in [0.15, 0.2) is 24.3 Å². The van der Waals surface area contributed by atoms with Gasteiger partial charge in [0.05, 0.1) is 5.82 Å². The van der Waals surface area contributed by atoms with Crippen LogP contribution in [0, 0.1) is 0 Å². The highest BCUT2D eigenvalue weighted by Crippen LogP contribution is 2.65. The van der Waals surface area contributed by atoms with Crippen LogP contribution in [0.25, 0.3) is 0 Å². The topological polar surface area (TPSA) is 55.4 Å². The molecule has 5 rings (SSSR count). The van der Waals surface area contributed by atoms with Crippen LogP contribution in [0.4, 0.5) is 0 Å². The molecule has 6 nitrogen and oxygen atoms in total. The van der Waals surface area contributed by atoms with Crippen LogP contribution >= 0.6 is 0 Å². The zero-order valence-electron chi connectivity index (χ0n) is 13.4. The third-order valence-electron chi connectivity index (χ3n) is 5.12. The Hall–Kier alpha value is -1.28. The molecule has 1 spiro atoms. The molecule has 23 heavy (non-hydrogen) atoms. The lowest BCUT2D eigenvalue weighted by Crippen LogP contribution is -2.37. The molecule has 3 heterocycles. The van der Waals surface area contributed by atoms with Crippen molar-refractivity contribution in [2.45, 2.75) is 56.0 Å². The molecular formula is C16H19BO6. The molecule has 2 saturated heterocycles. The lowest BCUT2D eigenvalue weighted by atomic mass is 9.79. The van der Waals surface area contributed by atoms with E-state index in [-0.39, 0.29) is 25.1 Å². The predicted octanol–water partition coefficient (Wildman–Crippen LogP) is 1.98. The minimum Gasteiger partial charge on any atom is -0.523 e. The van der Waals surface area contributed by atoms with Crippen molar-refractivity contribution in [3.63, 3.8) is 0 Å². The smallest absolute Gasteiger partial charge is 0.523 e. The van der Waals surface area contributed by atoms with Crippen LogP contribution in [-0.4, -0.2) is 44.1 Å². The molecule has 0 aromatic heterocycles. The summed E-state index contributed by atoms with van der Waals surface area (Å²) in [7, 11) is 1.28. The maximum atomic E-state index is 6.16. The molecule has 0 radical (unpaired) electrons. The number of rotatable bonds is 2. The molecule has 2 unspecified atom stereocenters. The molecule has 1 aromatic rings. The van der Waals surface area contributed by atoms with Gasteiger partial charge in [-0.25, -0.2) is 0 Å². The van der Waals surface area contributed by atoms with Crippen molar-refractivity contribution in [2.75, 3.05) is 7.11 Å². The Labute approximate surface area is 135 Å². The van der Waals surface area contributed by atoms with Crippen molar-refractivity contribution >= 4 is 7.12 Å². The Morgan fingerprint density at radius 1 is 1.09 bits per heavy atom. The highest BCUT2D eigenvalue weighted by molar-refractivity contribution is 6.51. The molecule has 3 fully saturated rings. The van der Waals surface area contributed by atoms with Gasteiger partial charge in [-0.05, 0) is 32.4 Å². The molecule has 3 aliphatic heterocycles. The van der Waals surface area contributed by atoms with E-state index in [1.807, 2.05) is 38.1 Å². The molecule has 0 N–H and O–H groups in total. The second-order valence-electron chi connectivity index (χ2n) is 7.06. The van der Waals surface area contributed by atoms with Gasteiger partial charge in [-0.3, -0.25) is 0 Å². The van der Waals surface area contributed by atoms with Gasteiger partial charge >= 0.3 is 7.12 Å². The standard InChI is InChI=1S/C16H19BO6/c1-15(2)19-12-13(20-15)16(21-14(12)18-3)8-11(16)17-22-9-6-4-5-7-10(9)23-17/h4-7,11-14H,8H2,1-3H3/t11-,12-,13?,14?,16-/m0/s1. The minimum absolute atomic E-state index is 0.0973. The Kier molecular flexibility index (Phi) is 2.71. The van der Waals surface area contributed by atoms with Crippen LogP contribution in [0.2, 0.25) is 5.82 Å². The van der Waals surface area contributed by atoms with E-state index in [0.717, 1.165) is 17.9 Å². The summed E-state index contributed by atoms with van der Waals surface area (Å²) in [6.07, 6.45) is 0.00857. The summed E-state index contributed by atoms with van der Waals surface area (Å²) in [5.41, 5.74) is -0.453. The fraction of sp³-hybridized carbons (Fsp3) is 0.625. The Bertz CT molecular complexity index is 626. The maximum absolute atomic E-state index is 6.16. The highest BCUT2D eigenvalue weighted by atomic mass is 16.8. The molecule has 0 bridgehead atoms. The SMILES string of the molecule is COC1O[C@]2(C[C@@H]2B2Oc3ccccc3O2)C2OC(C)(C)O[C@H]12. The number of hydrogen-bond acceptors (Lipinski definition) is 6. The van der Waals surface area contributed by atoms with E-state index in [4.69, 9.17) is 28.3 Å². The van der Waals surface area contributed by atoms with E-state index in [1.165, 1.54) is 0 Å². The quantitative estimate of drug-likeness (QED) is 0.777. The lowest BCUT2D eigenvalue weighted by Gasteiger charge is -2.24. The van der Waals surface area contributed by atoms with Gasteiger partial charge in [0.2, 0.25) is 0 Å². The van der Waals surface area contributed by atoms with Crippen molar-refractivity contribution in [3.05, 3.63) is 24.3 Å². The molecule has 122 valence electrons. The van der Waals surface area contributed by atoms with Crippen molar-refractivity contribution in [3.8, 4) is 11.5 Å². The van der Waals surface area contributed by atoms with Crippen molar-refractivity contribution in [1.29, 1.82) is 0 Å². The van der Waals surface area contributed by atoms with Gasteiger partial charge in [-0.15, -0.1) is 0 Å². The fourth-order valence-electron chi connectivity index (χ4n) is 4.06. The van der Waals surface area contributed by atoms with Crippen LogP contribution in [0.1, 0.15) is 20.3 Å². The highest BCUT2D eigenvalue weighted by Gasteiger charge is 2.78. The number of hydrogen-bond donors (Lipinski definition) is 0. The first-order chi connectivity index (χ1) is 11.0. The average molecular weight is 318 g/mol. The normalized spacial score (nSPS) is 42.3. The molecule has 1 aromatic carbocycles. The van der Waals surface area contributed by atoms with Gasteiger partial charge in [-0.2, -0.15) is 0 Å². The first-order valence-corrected chi connectivity index (χ1v) is 8.01. The summed E-state index contributed by atoms with van der Waals surface area (Å²) in [4.78, 5) is 0. The maximum Gasteiger partial charge on any atom is 0.601 e. The first kappa shape index (κ1) is 14.1. The summed E-state index contributed by atoms with van der Waals surface area (Å²) >= 11 is 0. The van der Waals surface area contributed by atoms with Crippen molar-refractivity contribution in [2.24, 2.45) is 0 Å². The van der Waals surface area contributed by atoms with E-state index >= 15 is 0 Å². The third-order valence-corrected chi connectivity index (χ3v) is 5.12. The van der Waals surface area contributed by atoms with E-state index in [9.17, 15) is 0 Å². The van der Waals surface area contributed by atoms with E-state index in [2.05, 4.69) is 0 Å². The molecule has 4 aliphatic rings. The molecular weight excluding hydrogens is 299 g/mol. The average Bonchev–Trinajstić information content (AvgIpc) is 2.80. The van der Waals surface area contributed by atoms with E-state index < -0.39 is 17.7 Å². The number of benzene rings is 1. The number of fused-ring (bicyclic) bond motifs is 3. The fourth-order valence-corrected chi connectivity index (χ4v) is 4.06. The van der Waals surface area contributed by atoms with Gasteiger partial charge in [0.1, 0.15) is 29.3 Å². The summed E-state index contributed by atoms with van der Waals surface area (Å²) < 4.78 is 35.6. The Morgan fingerprint density at radius 2 is 1.78 bits per heavy atom. The zero-order valence-corrected chi connectivity index (χ0v) is 13.4. The summed E-state index contributed by atoms with van der Waals surface area (Å²) in [6, 6.07) is 7.71. The first-order valence-electron chi connectivity index (χ1n) is 8.01. The van der Waals surface area contributed by atoms with Crippen molar-refractivity contribution < 1.29 is 28.3 Å². The Balaban J connectivity index is 1.39. The van der Waals surface area contributed by atoms with Crippen molar-refractivity contribution in [1.82, 2.24) is 0 Å². The van der Waals surface area contributed by atoms with E-state index in [0.29, 0.717) is 0 Å². The van der Waals surface area contributed by atoms with E-state index in [1.54, 1.807) is 7.11 Å². The van der Waals surface area contributed by atoms with Crippen LogP contribution < -0.4 is 9.31 Å². The largest absolute Gasteiger partial charge is 0.601 e.